The first-order valence-corrected chi connectivity index (χ1v) is 5.83. The Hall–Kier alpha value is -1.73. The molecule has 0 bridgehead atoms. The maximum atomic E-state index is 11.8. The van der Waals surface area contributed by atoms with Crippen LogP contribution in [0.25, 0.3) is 0 Å². The summed E-state index contributed by atoms with van der Waals surface area (Å²) in [7, 11) is 1.09. The fraction of sp³-hybridized carbons (Fsp3) is 0.909. The van der Waals surface area contributed by atoms with Crippen molar-refractivity contribution in [2.45, 2.75) is 58.8 Å². The van der Waals surface area contributed by atoms with Crippen molar-refractivity contribution in [3.05, 3.63) is 10.4 Å². The van der Waals surface area contributed by atoms with Gasteiger partial charge in [-0.1, -0.05) is 0 Å². The third kappa shape index (κ3) is 6.68. The van der Waals surface area contributed by atoms with E-state index in [4.69, 9.17) is 0 Å². The summed E-state index contributed by atoms with van der Waals surface area (Å²) in [6.07, 6.45) is -1.77. The highest BCUT2D eigenvalue weighted by Crippen LogP contribution is 2.12. The van der Waals surface area contributed by atoms with E-state index in [2.05, 4.69) is 15.0 Å². The summed E-state index contributed by atoms with van der Waals surface area (Å²) in [6.45, 7) is 10.0. The van der Waals surface area contributed by atoms with Crippen molar-refractivity contribution in [2.24, 2.45) is 10.2 Å². The SMILES string of the molecule is COC(=O)C([N+]([O-])=NC(C)(C)C)[N+]([O-])=NC(C)(C)C. The van der Waals surface area contributed by atoms with E-state index in [1.165, 1.54) is 0 Å². The molecule has 0 rings (SSSR count). The van der Waals surface area contributed by atoms with E-state index >= 15 is 0 Å². The fourth-order valence-corrected chi connectivity index (χ4v) is 1.07. The van der Waals surface area contributed by atoms with Crippen molar-refractivity contribution >= 4 is 5.97 Å². The predicted molar refractivity (Wildman–Crippen MR) is 67.4 cm³/mol. The zero-order valence-corrected chi connectivity index (χ0v) is 12.5. The molecule has 0 heterocycles. The first-order valence-electron chi connectivity index (χ1n) is 5.83. The molecule has 0 saturated carbocycles. The average Bonchev–Trinajstić information content (AvgIpc) is 2.11. The van der Waals surface area contributed by atoms with Crippen LogP contribution in [0.4, 0.5) is 0 Å². The van der Waals surface area contributed by atoms with Gasteiger partial charge in [0.05, 0.1) is 7.11 Å². The van der Waals surface area contributed by atoms with Crippen molar-refractivity contribution in [3.8, 4) is 0 Å². The minimum Gasteiger partial charge on any atom is -0.594 e. The topological polar surface area (TPSA) is 103 Å². The lowest BCUT2D eigenvalue weighted by atomic mass is 10.1. The first-order chi connectivity index (χ1) is 8.37. The van der Waals surface area contributed by atoms with Crippen LogP contribution in [0.5, 0.6) is 0 Å². The highest BCUT2D eigenvalue weighted by atomic mass is 16.6. The molecule has 8 nitrogen and oxygen atoms in total. The van der Waals surface area contributed by atoms with E-state index in [1.807, 2.05) is 0 Å². The Balaban J connectivity index is 5.55. The average molecular weight is 274 g/mol. The number of carbonyl (C=O) groups is 1. The monoisotopic (exact) mass is 274 g/mol. The van der Waals surface area contributed by atoms with Crippen molar-refractivity contribution in [1.29, 1.82) is 0 Å². The maximum Gasteiger partial charge on any atom is 0.507 e. The van der Waals surface area contributed by atoms with Gasteiger partial charge >= 0.3 is 12.1 Å². The number of nitrogens with zero attached hydrogens (tertiary/aromatic N) is 4. The summed E-state index contributed by atoms with van der Waals surface area (Å²) < 4.78 is 4.44. The minimum atomic E-state index is -1.77. The Morgan fingerprint density at radius 1 is 1.00 bits per heavy atom. The van der Waals surface area contributed by atoms with Gasteiger partial charge in [-0.05, 0) is 61.5 Å². The number of esters is 1. The van der Waals surface area contributed by atoms with E-state index in [0.29, 0.717) is 0 Å². The molecule has 19 heavy (non-hydrogen) atoms. The molecule has 0 amide bonds. The second-order valence-corrected chi connectivity index (χ2v) is 6.04. The van der Waals surface area contributed by atoms with Gasteiger partial charge in [0.25, 0.3) is 0 Å². The molecule has 0 unspecified atom stereocenters. The lowest BCUT2D eigenvalue weighted by molar-refractivity contribution is -0.769. The summed E-state index contributed by atoms with van der Waals surface area (Å²) in [6, 6.07) is 0. The zero-order chi connectivity index (χ0) is 15.4. The number of hydrogen-bond acceptors (Lipinski definition) is 6. The molecule has 0 saturated heterocycles. The number of ether oxygens (including phenoxy) is 1. The molecule has 0 aliphatic heterocycles. The van der Waals surface area contributed by atoms with Crippen LogP contribution in [0.3, 0.4) is 0 Å². The summed E-state index contributed by atoms with van der Waals surface area (Å²) >= 11 is 0. The third-order valence-electron chi connectivity index (χ3n) is 1.63. The van der Waals surface area contributed by atoms with Gasteiger partial charge in [0.1, 0.15) is 11.1 Å². The quantitative estimate of drug-likeness (QED) is 0.258. The second kappa shape index (κ2) is 5.94. The first kappa shape index (κ1) is 17.3. The van der Waals surface area contributed by atoms with Gasteiger partial charge in [-0.15, -0.1) is 0 Å². The number of hydrogen-bond donors (Lipinski definition) is 0. The Bertz CT molecular complexity index is 360. The highest BCUT2D eigenvalue weighted by molar-refractivity contribution is 5.72. The Labute approximate surface area is 112 Å². The Morgan fingerprint density at radius 3 is 1.53 bits per heavy atom. The maximum absolute atomic E-state index is 11.8. The van der Waals surface area contributed by atoms with Crippen LogP contribution in [-0.4, -0.2) is 40.0 Å². The van der Waals surface area contributed by atoms with Crippen LogP contribution in [0.1, 0.15) is 41.5 Å². The van der Waals surface area contributed by atoms with Gasteiger partial charge in [-0.3, -0.25) is 0 Å². The van der Waals surface area contributed by atoms with Crippen molar-refractivity contribution in [1.82, 2.24) is 0 Å². The molecule has 0 aromatic heterocycles. The molecular formula is C11H22N4O4. The van der Waals surface area contributed by atoms with Crippen LogP contribution < -0.4 is 0 Å². The van der Waals surface area contributed by atoms with Crippen LogP contribution in [-0.2, 0) is 9.53 Å². The van der Waals surface area contributed by atoms with E-state index < -0.39 is 23.2 Å². The van der Waals surface area contributed by atoms with Gasteiger partial charge in [0.2, 0.25) is 0 Å². The molecule has 0 atom stereocenters. The Kier molecular flexibility index (Phi) is 5.40. The smallest absolute Gasteiger partial charge is 0.507 e. The standard InChI is InChI=1S/C11H22N4O4/c1-10(2,3)12-14(17)8(9(16)19-7)15(18)13-11(4,5)6/h8H,1-7H3. The minimum absolute atomic E-state index is 0.0358. The Morgan fingerprint density at radius 2 is 1.32 bits per heavy atom. The molecule has 110 valence electrons. The number of azo groups is 2. The van der Waals surface area contributed by atoms with Crippen LogP contribution in [0.2, 0.25) is 0 Å². The molecule has 0 aliphatic rings. The van der Waals surface area contributed by atoms with Gasteiger partial charge in [0.15, 0.2) is 0 Å². The molecule has 0 aromatic rings. The molecule has 0 fully saturated rings. The van der Waals surface area contributed by atoms with Crippen molar-refractivity contribution in [2.75, 3.05) is 7.11 Å². The van der Waals surface area contributed by atoms with Crippen LogP contribution >= 0.6 is 0 Å². The molecule has 0 aromatic carbocycles. The number of carbonyl (C=O) groups excluding carboxylic acids is 1. The van der Waals surface area contributed by atoms with E-state index in [0.717, 1.165) is 7.11 Å². The molecule has 8 heteroatoms. The molecule has 0 spiro atoms. The van der Waals surface area contributed by atoms with Gasteiger partial charge in [-0.25, -0.2) is 4.79 Å². The molecular weight excluding hydrogens is 252 g/mol. The second-order valence-electron chi connectivity index (χ2n) is 6.04. The van der Waals surface area contributed by atoms with Crippen molar-refractivity contribution < 1.29 is 19.3 Å². The fourth-order valence-electron chi connectivity index (χ4n) is 1.07. The number of rotatable bonds is 3. The van der Waals surface area contributed by atoms with E-state index in [9.17, 15) is 15.2 Å². The van der Waals surface area contributed by atoms with Crippen LogP contribution in [0.15, 0.2) is 10.2 Å². The largest absolute Gasteiger partial charge is 0.594 e. The van der Waals surface area contributed by atoms with E-state index in [1.54, 1.807) is 41.5 Å². The lowest BCUT2D eigenvalue weighted by Crippen LogP contribution is -2.41. The third-order valence-corrected chi connectivity index (χ3v) is 1.63. The summed E-state index contributed by atoms with van der Waals surface area (Å²) in [4.78, 5) is 11.6. The zero-order valence-electron chi connectivity index (χ0n) is 12.5. The van der Waals surface area contributed by atoms with Crippen LogP contribution in [0, 0.1) is 10.4 Å². The van der Waals surface area contributed by atoms with E-state index in [-0.39, 0.29) is 9.72 Å². The number of methoxy groups -OCH3 is 1. The normalized spacial score (nSPS) is 16.2. The summed E-state index contributed by atoms with van der Waals surface area (Å²) in [5.41, 5.74) is -1.45. The lowest BCUT2D eigenvalue weighted by Gasteiger charge is -2.16. The predicted octanol–water partition coefficient (Wildman–Crippen LogP) is 2.01. The number of hydroxylamine groups is 2. The van der Waals surface area contributed by atoms with Gasteiger partial charge < -0.3 is 15.2 Å². The molecule has 0 aliphatic carbocycles. The summed E-state index contributed by atoms with van der Waals surface area (Å²) in [5.74, 6) is -1.01. The highest BCUT2D eigenvalue weighted by Gasteiger charge is 2.41. The van der Waals surface area contributed by atoms with Gasteiger partial charge in [-0.2, -0.15) is 0 Å². The molecule has 0 N–H and O–H groups in total. The van der Waals surface area contributed by atoms with Crippen molar-refractivity contribution in [3.63, 3.8) is 0 Å². The molecule has 0 radical (unpaired) electrons. The van der Waals surface area contributed by atoms with Gasteiger partial charge in [0, 0.05) is 0 Å². The summed E-state index contributed by atoms with van der Waals surface area (Å²) in [5, 5.41) is 31.1.